The second-order valence-corrected chi connectivity index (χ2v) is 21.2. The van der Waals surface area contributed by atoms with Crippen molar-refractivity contribution >= 4 is 17.3 Å². The van der Waals surface area contributed by atoms with Crippen molar-refractivity contribution in [2.45, 2.75) is 136 Å². The number of alkyl halides is 1. The summed E-state index contributed by atoms with van der Waals surface area (Å²) >= 11 is 0. The minimum absolute atomic E-state index is 0.248. The number of carbonyl (C=O) groups excluding carboxylic acids is 1. The summed E-state index contributed by atoms with van der Waals surface area (Å²) in [5.74, 6) is 7.36. The standard InChI is InChI=1S/C38H62N2O2S.C8H8O2.C3H6.CH3F/c1-26-7-9-28(10-8-26)30-13-17-36(3)32(27(30)2)14-18-37(4)33-15-19-38(16-5-6-34(38)31(33)11-12-35(36)37)39-24-29(41)25-40-20-22-43(42)23-21-40;9-7-10-6-8-4-2-1-3-5-8;1-3-2;1-2/h9,13,26-27,29,31-35,39,41H,5-8,10-12,14-25H2,1-4H3;1-5,7H,6H2;3H,1H2,2H3;1H3/t26?,27?,29?,31?,32?,33?,34-,35?,36?,37?,38?;;;/m1.../s1. The number of hydrogen-bond donors (Lipinski definition) is 2. The molecule has 0 radical (unpaired) electrons. The van der Waals surface area contributed by atoms with E-state index >= 15 is 0 Å². The number of rotatable bonds is 9. The highest BCUT2D eigenvalue weighted by atomic mass is 32.2. The predicted molar refractivity (Wildman–Crippen MR) is 239 cm³/mol. The largest absolute Gasteiger partial charge is 0.463 e. The van der Waals surface area contributed by atoms with Crippen LogP contribution in [-0.4, -0.2) is 77.2 Å². The zero-order valence-corrected chi connectivity index (χ0v) is 37.9. The van der Waals surface area contributed by atoms with E-state index in [0.29, 0.717) is 31.1 Å². The fourth-order valence-electron chi connectivity index (χ4n) is 13.7. The lowest BCUT2D eigenvalue weighted by molar-refractivity contribution is -0.166. The molecule has 8 heteroatoms. The van der Waals surface area contributed by atoms with Gasteiger partial charge in [0.15, 0.2) is 0 Å². The van der Waals surface area contributed by atoms with Gasteiger partial charge in [-0.2, -0.15) is 0 Å². The lowest BCUT2D eigenvalue weighted by atomic mass is 9.38. The summed E-state index contributed by atoms with van der Waals surface area (Å²) in [5, 5.41) is 15.1. The third-order valence-electron chi connectivity index (χ3n) is 16.3. The minimum atomic E-state index is -0.654. The minimum Gasteiger partial charge on any atom is -0.463 e. The molecule has 1 saturated heterocycles. The summed E-state index contributed by atoms with van der Waals surface area (Å²) in [6, 6.07) is 9.55. The van der Waals surface area contributed by atoms with Crippen LogP contribution in [0.15, 0.2) is 66.3 Å². The van der Waals surface area contributed by atoms with Crippen LogP contribution >= 0.6 is 0 Å². The molecule has 8 rings (SSSR count). The Morgan fingerprint density at radius 1 is 0.966 bits per heavy atom. The summed E-state index contributed by atoms with van der Waals surface area (Å²) in [4.78, 5) is 12.1. The molecule has 10 unspecified atom stereocenters. The van der Waals surface area contributed by atoms with E-state index in [1.54, 1.807) is 17.2 Å². The van der Waals surface area contributed by atoms with Crippen molar-refractivity contribution in [3.05, 3.63) is 71.8 Å². The van der Waals surface area contributed by atoms with Crippen molar-refractivity contribution in [1.29, 1.82) is 0 Å². The number of nitrogens with one attached hydrogen (secondary N) is 1. The van der Waals surface area contributed by atoms with Crippen LogP contribution in [0.25, 0.3) is 0 Å². The van der Waals surface area contributed by atoms with E-state index in [4.69, 9.17) is 0 Å². The molecule has 4 saturated carbocycles. The van der Waals surface area contributed by atoms with E-state index in [9.17, 15) is 18.5 Å². The van der Waals surface area contributed by atoms with Crippen LogP contribution in [0.5, 0.6) is 0 Å². The quantitative estimate of drug-likeness (QED) is 0.191. The topological polar surface area (TPSA) is 78.9 Å². The zero-order valence-electron chi connectivity index (χ0n) is 37.1. The molecule has 1 aromatic carbocycles. The van der Waals surface area contributed by atoms with Gasteiger partial charge in [0, 0.05) is 54.0 Å². The Balaban J connectivity index is 0.000000365. The van der Waals surface area contributed by atoms with Gasteiger partial charge in [0.2, 0.25) is 0 Å². The van der Waals surface area contributed by atoms with Crippen molar-refractivity contribution in [2.24, 2.45) is 52.3 Å². The Hall–Kier alpha value is -2.13. The molecule has 0 spiro atoms. The Kier molecular flexibility index (Phi) is 17.5. The van der Waals surface area contributed by atoms with Gasteiger partial charge in [0.25, 0.3) is 6.47 Å². The van der Waals surface area contributed by atoms with Crippen molar-refractivity contribution in [3.63, 3.8) is 0 Å². The zero-order chi connectivity index (χ0) is 41.9. The van der Waals surface area contributed by atoms with Gasteiger partial charge in [0.1, 0.15) is 6.61 Å². The first kappa shape index (κ1) is 46.9. The molecular weight excluding hydrogens is 744 g/mol. The summed E-state index contributed by atoms with van der Waals surface area (Å²) in [5.41, 5.74) is 5.65. The SMILES string of the molecule is C=CC.CC1CC=C(C2=CCC3(C)C(CCC4(C)C5CCC6(NCC(O)CN7CCS(=O)CC7)CCC[C@@H]6C5CCC34)C2C)CC1.CF.O=COCc1ccccc1. The molecule has 11 atom stereocenters. The molecule has 0 aromatic heterocycles. The van der Waals surface area contributed by atoms with Crippen LogP contribution in [-0.2, 0) is 26.9 Å². The number of fused-ring (bicyclic) bond motifs is 7. The molecule has 1 heterocycles. The van der Waals surface area contributed by atoms with Crippen molar-refractivity contribution < 1.29 is 23.2 Å². The number of allylic oxidation sites excluding steroid dienone is 5. The Labute approximate surface area is 354 Å². The Bertz CT molecular complexity index is 1540. The van der Waals surface area contributed by atoms with Crippen LogP contribution in [0, 0.1) is 52.3 Å². The third-order valence-corrected chi connectivity index (χ3v) is 17.6. The Morgan fingerprint density at radius 3 is 2.34 bits per heavy atom. The molecule has 58 heavy (non-hydrogen) atoms. The van der Waals surface area contributed by atoms with Crippen molar-refractivity contribution in [3.8, 4) is 0 Å². The van der Waals surface area contributed by atoms with E-state index in [0.717, 1.165) is 84.7 Å². The second-order valence-electron chi connectivity index (χ2n) is 19.5. The first-order valence-corrected chi connectivity index (χ1v) is 24.4. The van der Waals surface area contributed by atoms with Gasteiger partial charge in [-0.05, 0) is 153 Å². The fourth-order valence-corrected chi connectivity index (χ4v) is 14.8. The molecule has 0 amide bonds. The van der Waals surface area contributed by atoms with Crippen LogP contribution < -0.4 is 5.32 Å². The number of ether oxygens (including phenoxy) is 1. The van der Waals surface area contributed by atoms with Crippen LogP contribution in [0.4, 0.5) is 4.39 Å². The molecule has 0 bridgehead atoms. The van der Waals surface area contributed by atoms with E-state index < -0.39 is 10.8 Å². The number of nitrogens with zero attached hydrogens (tertiary/aromatic N) is 1. The molecule has 6 aliphatic carbocycles. The third kappa shape index (κ3) is 10.5. The summed E-state index contributed by atoms with van der Waals surface area (Å²) in [6.45, 7) is 19.8. The molecule has 1 aliphatic heterocycles. The lowest BCUT2D eigenvalue weighted by Gasteiger charge is -2.67. The first-order valence-electron chi connectivity index (χ1n) is 22.9. The van der Waals surface area contributed by atoms with Crippen molar-refractivity contribution in [1.82, 2.24) is 10.2 Å². The monoisotopic (exact) mass is 823 g/mol. The number of halogens is 1. The number of aliphatic hydroxyl groups is 1. The average Bonchev–Trinajstić information content (AvgIpc) is 3.67. The van der Waals surface area contributed by atoms with E-state index in [1.165, 1.54) is 83.5 Å². The highest BCUT2D eigenvalue weighted by Crippen LogP contribution is 2.70. The summed E-state index contributed by atoms with van der Waals surface area (Å²) in [6.07, 6.45) is 24.5. The normalized spacial score (nSPS) is 37.3. The smallest absolute Gasteiger partial charge is 0.293 e. The maximum atomic E-state index is 11.8. The lowest BCUT2D eigenvalue weighted by Crippen LogP contribution is -2.63. The fraction of sp³-hybridized carbons (Fsp3) is 0.740. The van der Waals surface area contributed by atoms with Crippen molar-refractivity contribution in [2.75, 3.05) is 44.9 Å². The van der Waals surface area contributed by atoms with Crippen LogP contribution in [0.1, 0.15) is 124 Å². The number of β-amino-alcohol motifs (C(OH)–C–C–N with tert-alkyl or cyclic N) is 1. The Morgan fingerprint density at radius 2 is 1.67 bits per heavy atom. The van der Waals surface area contributed by atoms with Gasteiger partial charge in [-0.25, -0.2) is 0 Å². The van der Waals surface area contributed by atoms with E-state index in [1.807, 2.05) is 37.3 Å². The molecular formula is C50H79FN2O4S. The van der Waals surface area contributed by atoms with E-state index in [-0.39, 0.29) is 11.6 Å². The van der Waals surface area contributed by atoms with Crippen LogP contribution in [0.2, 0.25) is 0 Å². The highest BCUT2D eigenvalue weighted by molar-refractivity contribution is 7.85. The predicted octanol–water partition coefficient (Wildman–Crippen LogP) is 10.2. The van der Waals surface area contributed by atoms with Gasteiger partial charge in [-0.1, -0.05) is 82.7 Å². The average molecular weight is 823 g/mol. The molecule has 2 N–H and O–H groups in total. The van der Waals surface area contributed by atoms with E-state index in [2.05, 4.69) is 61.4 Å². The van der Waals surface area contributed by atoms with Gasteiger partial charge >= 0.3 is 0 Å². The molecule has 1 aromatic rings. The van der Waals surface area contributed by atoms with Gasteiger partial charge in [-0.15, -0.1) is 6.58 Å². The molecule has 326 valence electrons. The second kappa shape index (κ2) is 21.6. The maximum absolute atomic E-state index is 11.8. The summed E-state index contributed by atoms with van der Waals surface area (Å²) in [7, 11) is -0.154. The molecule has 5 fully saturated rings. The van der Waals surface area contributed by atoms with Crippen LogP contribution in [0.3, 0.4) is 0 Å². The maximum Gasteiger partial charge on any atom is 0.293 e. The molecule has 7 aliphatic rings. The number of carbonyl (C=O) groups is 1. The number of benzene rings is 1. The molecule has 6 nitrogen and oxygen atoms in total. The van der Waals surface area contributed by atoms with Gasteiger partial charge in [-0.3, -0.25) is 18.3 Å². The highest BCUT2D eigenvalue weighted by Gasteiger charge is 2.64. The number of hydrogen-bond acceptors (Lipinski definition) is 6. The van der Waals surface area contributed by atoms with Gasteiger partial charge < -0.3 is 15.2 Å². The van der Waals surface area contributed by atoms with Gasteiger partial charge in [0.05, 0.1) is 13.3 Å². The first-order chi connectivity index (χ1) is 28.0. The summed E-state index contributed by atoms with van der Waals surface area (Å²) < 4.78 is 25.8. The number of aliphatic hydroxyl groups excluding tert-OH is 1.